The summed E-state index contributed by atoms with van der Waals surface area (Å²) < 4.78 is 0. The van der Waals surface area contributed by atoms with Crippen molar-refractivity contribution in [3.8, 4) is 0 Å². The largest absolute Gasteiger partial charge is 0.396 e. The summed E-state index contributed by atoms with van der Waals surface area (Å²) in [6.07, 6.45) is 6.66. The van der Waals surface area contributed by atoms with E-state index in [1.165, 1.54) is 12.8 Å². The van der Waals surface area contributed by atoms with Gasteiger partial charge >= 0.3 is 0 Å². The van der Waals surface area contributed by atoms with Crippen LogP contribution in [0, 0.1) is 0 Å². The first-order valence-corrected chi connectivity index (χ1v) is 8.89. The molecular weight excluding hydrogens is 288 g/mol. The van der Waals surface area contributed by atoms with Crippen LogP contribution in [-0.4, -0.2) is 59.1 Å². The molecule has 2 saturated heterocycles. The van der Waals surface area contributed by atoms with Gasteiger partial charge in [-0.05, 0) is 57.2 Å². The van der Waals surface area contributed by atoms with E-state index >= 15 is 0 Å². The Labute approximate surface area is 139 Å². The molecule has 0 aliphatic carbocycles. The number of carbonyl (C=O) groups excluding carboxylic acids is 1. The molecule has 0 spiro atoms. The molecule has 4 heteroatoms. The molecule has 2 heterocycles. The van der Waals surface area contributed by atoms with E-state index in [0.717, 1.165) is 37.8 Å². The Hall–Kier alpha value is -1.39. The van der Waals surface area contributed by atoms with E-state index in [-0.39, 0.29) is 5.91 Å². The van der Waals surface area contributed by atoms with Gasteiger partial charge in [0.05, 0.1) is 0 Å². The molecule has 0 radical (unpaired) electrons. The normalized spacial score (nSPS) is 27.1. The fraction of sp³-hybridized carbons (Fsp3) is 0.632. The molecule has 2 unspecified atom stereocenters. The minimum Gasteiger partial charge on any atom is -0.396 e. The first-order valence-electron chi connectivity index (χ1n) is 8.89. The van der Waals surface area contributed by atoms with Gasteiger partial charge in [-0.1, -0.05) is 18.2 Å². The van der Waals surface area contributed by atoms with E-state index in [1.54, 1.807) is 0 Å². The van der Waals surface area contributed by atoms with Crippen LogP contribution in [0.15, 0.2) is 30.3 Å². The number of aliphatic hydroxyl groups is 1. The summed E-state index contributed by atoms with van der Waals surface area (Å²) in [4.78, 5) is 17.3. The average molecular weight is 316 g/mol. The Kier molecular flexibility index (Phi) is 5.34. The van der Waals surface area contributed by atoms with E-state index in [4.69, 9.17) is 5.11 Å². The van der Waals surface area contributed by atoms with Crippen molar-refractivity contribution in [1.82, 2.24) is 9.80 Å². The zero-order valence-corrected chi connectivity index (χ0v) is 14.0. The molecule has 1 N–H and O–H groups in total. The van der Waals surface area contributed by atoms with Gasteiger partial charge in [-0.3, -0.25) is 9.69 Å². The quantitative estimate of drug-likeness (QED) is 0.820. The second-order valence-electron chi connectivity index (χ2n) is 6.96. The Morgan fingerprint density at radius 3 is 2.43 bits per heavy atom. The third-order valence-electron chi connectivity index (χ3n) is 5.57. The number of hydrogen-bond acceptors (Lipinski definition) is 3. The van der Waals surface area contributed by atoms with Crippen LogP contribution in [0.1, 0.15) is 48.9 Å². The van der Waals surface area contributed by atoms with Gasteiger partial charge in [0.25, 0.3) is 5.91 Å². The van der Waals surface area contributed by atoms with Gasteiger partial charge < -0.3 is 10.0 Å². The second-order valence-corrected chi connectivity index (χ2v) is 6.96. The standard InChI is InChI=1S/C19H28N2O2/c1-20(19(23)15-7-3-2-4-8-15)18-13-16-9-10-17(14-18)21(16)11-5-6-12-22/h2-4,7-8,16-18,22H,5-6,9-14H2,1H3. The van der Waals surface area contributed by atoms with E-state index in [1.807, 2.05) is 42.3 Å². The van der Waals surface area contributed by atoms with E-state index < -0.39 is 0 Å². The molecule has 126 valence electrons. The fourth-order valence-corrected chi connectivity index (χ4v) is 4.28. The van der Waals surface area contributed by atoms with Crippen molar-refractivity contribution in [3.63, 3.8) is 0 Å². The summed E-state index contributed by atoms with van der Waals surface area (Å²) in [5.74, 6) is 0.142. The van der Waals surface area contributed by atoms with Crippen LogP contribution < -0.4 is 0 Å². The lowest BCUT2D eigenvalue weighted by Gasteiger charge is -2.42. The molecule has 2 aliphatic heterocycles. The monoisotopic (exact) mass is 316 g/mol. The average Bonchev–Trinajstić information content (AvgIpc) is 2.82. The SMILES string of the molecule is CN(C(=O)c1ccccc1)C1CC2CCC(C1)N2CCCCO. The highest BCUT2D eigenvalue weighted by Crippen LogP contribution is 2.37. The number of benzene rings is 1. The van der Waals surface area contributed by atoms with Crippen LogP contribution in [0.25, 0.3) is 0 Å². The molecule has 2 bridgehead atoms. The number of rotatable bonds is 6. The predicted octanol–water partition coefficient (Wildman–Crippen LogP) is 2.53. The fourth-order valence-electron chi connectivity index (χ4n) is 4.28. The van der Waals surface area contributed by atoms with Crippen LogP contribution >= 0.6 is 0 Å². The van der Waals surface area contributed by atoms with Gasteiger partial charge in [0.2, 0.25) is 0 Å². The zero-order valence-electron chi connectivity index (χ0n) is 14.0. The number of amides is 1. The highest BCUT2D eigenvalue weighted by Gasteiger charge is 2.42. The van der Waals surface area contributed by atoms with Crippen molar-refractivity contribution in [3.05, 3.63) is 35.9 Å². The van der Waals surface area contributed by atoms with Crippen molar-refractivity contribution in [2.24, 2.45) is 0 Å². The van der Waals surface area contributed by atoms with Gasteiger partial charge in [-0.15, -0.1) is 0 Å². The van der Waals surface area contributed by atoms with Gasteiger partial charge in [-0.25, -0.2) is 0 Å². The molecule has 2 fully saturated rings. The molecule has 0 saturated carbocycles. The Morgan fingerprint density at radius 1 is 1.17 bits per heavy atom. The lowest BCUT2D eigenvalue weighted by Crippen LogP contribution is -2.51. The lowest BCUT2D eigenvalue weighted by atomic mass is 9.95. The Balaban J connectivity index is 1.60. The van der Waals surface area contributed by atoms with Crippen molar-refractivity contribution < 1.29 is 9.90 Å². The van der Waals surface area contributed by atoms with Gasteiger partial charge in [-0.2, -0.15) is 0 Å². The molecule has 0 aromatic heterocycles. The van der Waals surface area contributed by atoms with Crippen molar-refractivity contribution in [1.29, 1.82) is 0 Å². The lowest BCUT2D eigenvalue weighted by molar-refractivity contribution is 0.0492. The number of nitrogens with zero attached hydrogens (tertiary/aromatic N) is 2. The molecule has 3 rings (SSSR count). The number of hydrogen-bond donors (Lipinski definition) is 1. The van der Waals surface area contributed by atoms with Crippen LogP contribution in [-0.2, 0) is 0 Å². The summed E-state index contributed by atoms with van der Waals surface area (Å²) in [6, 6.07) is 11.2. The Morgan fingerprint density at radius 2 is 1.83 bits per heavy atom. The van der Waals surface area contributed by atoms with E-state index in [2.05, 4.69) is 4.90 Å². The molecule has 2 aliphatic rings. The number of aliphatic hydroxyl groups excluding tert-OH is 1. The molecule has 23 heavy (non-hydrogen) atoms. The van der Waals surface area contributed by atoms with Crippen LogP contribution in [0.5, 0.6) is 0 Å². The van der Waals surface area contributed by atoms with Gasteiger partial charge in [0.15, 0.2) is 0 Å². The third kappa shape index (κ3) is 3.59. The second kappa shape index (κ2) is 7.45. The molecule has 1 aromatic rings. The van der Waals surface area contributed by atoms with Crippen molar-refractivity contribution >= 4 is 5.91 Å². The number of piperidine rings is 1. The minimum absolute atomic E-state index is 0.142. The predicted molar refractivity (Wildman–Crippen MR) is 91.4 cm³/mol. The zero-order chi connectivity index (χ0) is 16.2. The summed E-state index contributed by atoms with van der Waals surface area (Å²) >= 11 is 0. The minimum atomic E-state index is 0.142. The van der Waals surface area contributed by atoms with Crippen LogP contribution in [0.3, 0.4) is 0 Å². The highest BCUT2D eigenvalue weighted by atomic mass is 16.2. The molecule has 1 amide bonds. The highest BCUT2D eigenvalue weighted by molar-refractivity contribution is 5.94. The number of fused-ring (bicyclic) bond motifs is 2. The summed E-state index contributed by atoms with van der Waals surface area (Å²) in [6.45, 7) is 1.39. The Bertz CT molecular complexity index is 505. The smallest absolute Gasteiger partial charge is 0.253 e. The number of carbonyl (C=O) groups is 1. The van der Waals surface area contributed by atoms with Crippen molar-refractivity contribution in [2.75, 3.05) is 20.2 Å². The molecule has 1 aromatic carbocycles. The maximum atomic E-state index is 12.7. The molecular formula is C19H28N2O2. The number of unbranched alkanes of at least 4 members (excludes halogenated alkanes) is 1. The maximum absolute atomic E-state index is 12.7. The third-order valence-corrected chi connectivity index (χ3v) is 5.57. The van der Waals surface area contributed by atoms with E-state index in [9.17, 15) is 4.79 Å². The van der Waals surface area contributed by atoms with E-state index in [0.29, 0.717) is 24.7 Å². The first-order chi connectivity index (χ1) is 11.2. The topological polar surface area (TPSA) is 43.8 Å². The van der Waals surface area contributed by atoms with Gasteiger partial charge in [0.1, 0.15) is 0 Å². The molecule has 4 nitrogen and oxygen atoms in total. The summed E-state index contributed by atoms with van der Waals surface area (Å²) in [5, 5.41) is 8.96. The van der Waals surface area contributed by atoms with Crippen molar-refractivity contribution in [2.45, 2.75) is 56.7 Å². The van der Waals surface area contributed by atoms with Crippen LogP contribution in [0.2, 0.25) is 0 Å². The molecule has 2 atom stereocenters. The van der Waals surface area contributed by atoms with Crippen LogP contribution in [0.4, 0.5) is 0 Å². The first kappa shape index (κ1) is 16.5. The van der Waals surface area contributed by atoms with Gasteiger partial charge in [0, 0.05) is 37.3 Å². The summed E-state index contributed by atoms with van der Waals surface area (Å²) in [7, 11) is 1.96. The summed E-state index contributed by atoms with van der Waals surface area (Å²) in [5.41, 5.74) is 0.785. The maximum Gasteiger partial charge on any atom is 0.253 e.